The Morgan fingerprint density at radius 2 is 1.59 bits per heavy atom. The highest BCUT2D eigenvalue weighted by Gasteiger charge is 2.27. The summed E-state index contributed by atoms with van der Waals surface area (Å²) in [5, 5.41) is 5.67. The van der Waals surface area contributed by atoms with E-state index in [1.807, 2.05) is 34.6 Å². The molecule has 122 valence electrons. The van der Waals surface area contributed by atoms with Crippen molar-refractivity contribution in [3.8, 4) is 0 Å². The second-order valence-corrected chi connectivity index (χ2v) is 6.57. The molecule has 0 aliphatic heterocycles. The van der Waals surface area contributed by atoms with E-state index < -0.39 is 5.41 Å². The number of rotatable bonds is 6. The molecule has 0 aromatic heterocycles. The molecule has 0 spiro atoms. The summed E-state index contributed by atoms with van der Waals surface area (Å²) in [4.78, 5) is 24.1. The van der Waals surface area contributed by atoms with Crippen LogP contribution in [-0.2, 0) is 16.0 Å². The van der Waals surface area contributed by atoms with Crippen molar-refractivity contribution in [1.82, 2.24) is 10.6 Å². The third kappa shape index (κ3) is 4.86. The van der Waals surface area contributed by atoms with Gasteiger partial charge in [-0.15, -0.1) is 0 Å². The van der Waals surface area contributed by atoms with Crippen molar-refractivity contribution in [1.29, 1.82) is 0 Å². The number of carbonyl (C=O) groups excluding carboxylic acids is 2. The minimum absolute atomic E-state index is 0.0435. The molecule has 0 saturated carbocycles. The SMILES string of the molecule is CCNC(=O)C(C)(C)CNC(=O)Cc1c(C)cc(C)cc1C. The zero-order valence-electron chi connectivity index (χ0n) is 14.6. The van der Waals surface area contributed by atoms with E-state index in [0.29, 0.717) is 19.5 Å². The van der Waals surface area contributed by atoms with Crippen LogP contribution < -0.4 is 10.6 Å². The first-order valence-corrected chi connectivity index (χ1v) is 7.79. The van der Waals surface area contributed by atoms with Crippen LogP contribution in [0.25, 0.3) is 0 Å². The molecule has 0 bridgehead atoms. The standard InChI is InChI=1S/C18H28N2O2/c1-7-19-17(22)18(5,6)11-20-16(21)10-15-13(3)8-12(2)9-14(15)4/h8-9H,7,10-11H2,1-6H3,(H,19,22)(H,20,21). The van der Waals surface area contributed by atoms with Gasteiger partial charge in [-0.3, -0.25) is 9.59 Å². The molecule has 0 aliphatic rings. The van der Waals surface area contributed by atoms with Crippen molar-refractivity contribution >= 4 is 11.8 Å². The third-order valence-electron chi connectivity index (χ3n) is 3.86. The second kappa shape index (κ2) is 7.43. The quantitative estimate of drug-likeness (QED) is 0.848. The highest BCUT2D eigenvalue weighted by molar-refractivity contribution is 5.84. The Kier molecular flexibility index (Phi) is 6.15. The van der Waals surface area contributed by atoms with Crippen molar-refractivity contribution < 1.29 is 9.59 Å². The lowest BCUT2D eigenvalue weighted by molar-refractivity contribution is -0.129. The van der Waals surface area contributed by atoms with E-state index in [2.05, 4.69) is 29.7 Å². The van der Waals surface area contributed by atoms with Crippen molar-refractivity contribution in [3.63, 3.8) is 0 Å². The van der Waals surface area contributed by atoms with Crippen LogP contribution in [0.2, 0.25) is 0 Å². The molecule has 0 aliphatic carbocycles. The Morgan fingerprint density at radius 1 is 1.05 bits per heavy atom. The molecule has 0 fully saturated rings. The van der Waals surface area contributed by atoms with Gasteiger partial charge >= 0.3 is 0 Å². The van der Waals surface area contributed by atoms with Gasteiger partial charge in [0, 0.05) is 13.1 Å². The number of carbonyl (C=O) groups is 2. The molecular weight excluding hydrogens is 276 g/mol. The Balaban J connectivity index is 2.66. The van der Waals surface area contributed by atoms with Crippen molar-refractivity contribution in [2.24, 2.45) is 5.41 Å². The number of aryl methyl sites for hydroxylation is 3. The molecule has 0 saturated heterocycles. The fourth-order valence-corrected chi connectivity index (χ4v) is 2.51. The van der Waals surface area contributed by atoms with Gasteiger partial charge in [-0.25, -0.2) is 0 Å². The van der Waals surface area contributed by atoms with Crippen LogP contribution in [0.1, 0.15) is 43.0 Å². The van der Waals surface area contributed by atoms with Gasteiger partial charge in [-0.1, -0.05) is 17.7 Å². The molecule has 4 heteroatoms. The maximum atomic E-state index is 12.2. The van der Waals surface area contributed by atoms with E-state index in [9.17, 15) is 9.59 Å². The first kappa shape index (κ1) is 18.2. The molecule has 1 rings (SSSR count). The largest absolute Gasteiger partial charge is 0.356 e. The van der Waals surface area contributed by atoms with Crippen LogP contribution in [-0.4, -0.2) is 24.9 Å². The van der Waals surface area contributed by atoms with Gasteiger partial charge in [-0.2, -0.15) is 0 Å². The molecule has 0 heterocycles. The highest BCUT2D eigenvalue weighted by Crippen LogP contribution is 2.17. The second-order valence-electron chi connectivity index (χ2n) is 6.57. The number of benzene rings is 1. The topological polar surface area (TPSA) is 58.2 Å². The Labute approximate surface area is 133 Å². The monoisotopic (exact) mass is 304 g/mol. The lowest BCUT2D eigenvalue weighted by Crippen LogP contribution is -2.45. The lowest BCUT2D eigenvalue weighted by Gasteiger charge is -2.23. The number of amides is 2. The summed E-state index contributed by atoms with van der Waals surface area (Å²) in [6.45, 7) is 12.6. The summed E-state index contributed by atoms with van der Waals surface area (Å²) in [7, 11) is 0. The zero-order chi connectivity index (χ0) is 16.9. The van der Waals surface area contributed by atoms with Gasteiger partial charge < -0.3 is 10.6 Å². The van der Waals surface area contributed by atoms with Crippen LogP contribution in [0.3, 0.4) is 0 Å². The van der Waals surface area contributed by atoms with Gasteiger partial charge in [0.15, 0.2) is 0 Å². The van der Waals surface area contributed by atoms with E-state index in [-0.39, 0.29) is 11.8 Å². The Morgan fingerprint density at radius 3 is 2.09 bits per heavy atom. The van der Waals surface area contributed by atoms with Crippen LogP contribution in [0.15, 0.2) is 12.1 Å². The fourth-order valence-electron chi connectivity index (χ4n) is 2.51. The molecule has 1 aromatic carbocycles. The van der Waals surface area contributed by atoms with Crippen molar-refractivity contribution in [3.05, 3.63) is 34.4 Å². The molecule has 0 unspecified atom stereocenters. The predicted molar refractivity (Wildman–Crippen MR) is 89.8 cm³/mol. The average Bonchev–Trinajstić information content (AvgIpc) is 2.41. The fraction of sp³-hybridized carbons (Fsp3) is 0.556. The van der Waals surface area contributed by atoms with Gasteiger partial charge in [0.25, 0.3) is 0 Å². The smallest absolute Gasteiger partial charge is 0.227 e. The molecule has 1 aromatic rings. The summed E-state index contributed by atoms with van der Waals surface area (Å²) in [6.07, 6.45) is 0.351. The number of hydrogen-bond acceptors (Lipinski definition) is 2. The van der Waals surface area contributed by atoms with Crippen LogP contribution >= 0.6 is 0 Å². The van der Waals surface area contributed by atoms with Gasteiger partial charge in [0.1, 0.15) is 0 Å². The maximum Gasteiger partial charge on any atom is 0.227 e. The van der Waals surface area contributed by atoms with Gasteiger partial charge in [0.2, 0.25) is 11.8 Å². The molecule has 2 amide bonds. The Bertz CT molecular complexity index is 539. The third-order valence-corrected chi connectivity index (χ3v) is 3.86. The summed E-state index contributed by atoms with van der Waals surface area (Å²) in [5.41, 5.74) is 3.94. The Hall–Kier alpha value is -1.84. The summed E-state index contributed by atoms with van der Waals surface area (Å²) < 4.78 is 0. The van der Waals surface area contributed by atoms with Gasteiger partial charge in [-0.05, 0) is 58.2 Å². The lowest BCUT2D eigenvalue weighted by atomic mass is 9.92. The molecule has 2 N–H and O–H groups in total. The van der Waals surface area contributed by atoms with Gasteiger partial charge in [0.05, 0.1) is 11.8 Å². The minimum Gasteiger partial charge on any atom is -0.356 e. The van der Waals surface area contributed by atoms with E-state index in [1.165, 1.54) is 5.56 Å². The predicted octanol–water partition coefficient (Wildman–Crippen LogP) is 2.43. The number of hydrogen-bond donors (Lipinski definition) is 2. The van der Waals surface area contributed by atoms with E-state index >= 15 is 0 Å². The normalized spacial score (nSPS) is 11.2. The summed E-state index contributed by atoms with van der Waals surface area (Å²) in [6, 6.07) is 4.18. The maximum absolute atomic E-state index is 12.2. The molecule has 0 atom stereocenters. The van der Waals surface area contributed by atoms with Crippen LogP contribution in [0.4, 0.5) is 0 Å². The van der Waals surface area contributed by atoms with Crippen molar-refractivity contribution in [2.45, 2.75) is 48.0 Å². The minimum atomic E-state index is -0.608. The first-order chi connectivity index (χ1) is 10.2. The van der Waals surface area contributed by atoms with Crippen LogP contribution in [0, 0.1) is 26.2 Å². The summed E-state index contributed by atoms with van der Waals surface area (Å²) >= 11 is 0. The average molecular weight is 304 g/mol. The van der Waals surface area contributed by atoms with E-state index in [1.54, 1.807) is 0 Å². The van der Waals surface area contributed by atoms with Crippen LogP contribution in [0.5, 0.6) is 0 Å². The zero-order valence-corrected chi connectivity index (χ0v) is 14.6. The number of nitrogens with one attached hydrogen (secondary N) is 2. The van der Waals surface area contributed by atoms with Crippen molar-refractivity contribution in [2.75, 3.05) is 13.1 Å². The van der Waals surface area contributed by atoms with E-state index in [4.69, 9.17) is 0 Å². The van der Waals surface area contributed by atoms with E-state index in [0.717, 1.165) is 16.7 Å². The molecule has 0 radical (unpaired) electrons. The molecule has 22 heavy (non-hydrogen) atoms. The molecular formula is C18H28N2O2. The first-order valence-electron chi connectivity index (χ1n) is 7.79. The highest BCUT2D eigenvalue weighted by atomic mass is 16.2. The molecule has 4 nitrogen and oxygen atoms in total. The summed E-state index contributed by atoms with van der Waals surface area (Å²) in [5.74, 6) is -0.0922.